The summed E-state index contributed by atoms with van der Waals surface area (Å²) in [6, 6.07) is 5.51. The third kappa shape index (κ3) is 1.52. The first kappa shape index (κ1) is 13.9. The molecule has 8 heteroatoms. The van der Waals surface area contributed by atoms with Gasteiger partial charge in [-0.1, -0.05) is 12.1 Å². The zero-order chi connectivity index (χ0) is 16.4. The summed E-state index contributed by atoms with van der Waals surface area (Å²) in [6.45, 7) is 0.235. The summed E-state index contributed by atoms with van der Waals surface area (Å²) in [5.74, 6) is 0.158. The minimum Gasteiger partial charge on any atom is -0.497 e. The van der Waals surface area contributed by atoms with Crippen molar-refractivity contribution >= 4 is 18.0 Å². The molecule has 0 spiro atoms. The van der Waals surface area contributed by atoms with Crippen molar-refractivity contribution in [2.24, 2.45) is 0 Å². The fraction of sp³-hybridized carbons (Fsp3) is 0.400. The van der Waals surface area contributed by atoms with Gasteiger partial charge in [-0.05, 0) is 24.1 Å². The van der Waals surface area contributed by atoms with Gasteiger partial charge in [0.15, 0.2) is 5.54 Å². The number of nitrogens with zero attached hydrogens (tertiary/aromatic N) is 2. The molecule has 3 unspecified atom stereocenters. The van der Waals surface area contributed by atoms with E-state index in [0.29, 0.717) is 17.7 Å². The Hall–Kier alpha value is -2.77. The molecule has 23 heavy (non-hydrogen) atoms. The predicted molar refractivity (Wildman–Crippen MR) is 77.0 cm³/mol. The van der Waals surface area contributed by atoms with Crippen molar-refractivity contribution in [2.45, 2.75) is 24.0 Å². The van der Waals surface area contributed by atoms with Crippen molar-refractivity contribution in [1.82, 2.24) is 15.1 Å². The molecule has 0 aromatic heterocycles. The lowest BCUT2D eigenvalue weighted by Crippen LogP contribution is -2.62. The van der Waals surface area contributed by atoms with Gasteiger partial charge in [-0.2, -0.15) is 0 Å². The van der Waals surface area contributed by atoms with Gasteiger partial charge in [0.1, 0.15) is 5.75 Å². The Morgan fingerprint density at radius 1 is 1.35 bits per heavy atom. The highest BCUT2D eigenvalue weighted by Gasteiger charge is 2.71. The molecule has 1 aromatic carbocycles. The third-order valence-corrected chi connectivity index (χ3v) is 5.07. The second kappa shape index (κ2) is 4.37. The standard InChI is InChI=1S/C15H15N3O5/c1-23-10-4-2-8(3-5-10)15-11-6-9(7-17(11)14(21)22)18(15)13(20)16-12(15)19/h2-5,9,11H,6-7H2,1H3,(H,21,22)(H,16,19,20). The lowest BCUT2D eigenvalue weighted by atomic mass is 9.82. The summed E-state index contributed by atoms with van der Waals surface area (Å²) >= 11 is 0. The number of fused-ring (bicyclic) bond motifs is 5. The van der Waals surface area contributed by atoms with Crippen LogP contribution in [0.5, 0.6) is 5.75 Å². The number of piperazine rings is 1. The fourth-order valence-corrected chi connectivity index (χ4v) is 4.20. The number of methoxy groups -OCH3 is 1. The Kier molecular flexibility index (Phi) is 2.64. The summed E-state index contributed by atoms with van der Waals surface area (Å²) in [5, 5.41) is 11.8. The average molecular weight is 317 g/mol. The quantitative estimate of drug-likeness (QED) is 0.777. The molecule has 0 aliphatic carbocycles. The number of hydrogen-bond acceptors (Lipinski definition) is 4. The van der Waals surface area contributed by atoms with Crippen molar-refractivity contribution in [3.63, 3.8) is 0 Å². The van der Waals surface area contributed by atoms with Crippen molar-refractivity contribution in [3.05, 3.63) is 29.8 Å². The van der Waals surface area contributed by atoms with Crippen LogP contribution in [0.3, 0.4) is 0 Å². The van der Waals surface area contributed by atoms with Gasteiger partial charge in [0.05, 0.1) is 19.2 Å². The molecule has 3 aliphatic heterocycles. The van der Waals surface area contributed by atoms with E-state index in [9.17, 15) is 19.5 Å². The molecule has 4 amide bonds. The van der Waals surface area contributed by atoms with Gasteiger partial charge in [-0.3, -0.25) is 19.9 Å². The van der Waals surface area contributed by atoms with Crippen LogP contribution < -0.4 is 10.1 Å². The lowest BCUT2D eigenvalue weighted by Gasteiger charge is -2.43. The second-order valence-corrected chi connectivity index (χ2v) is 5.96. The van der Waals surface area contributed by atoms with E-state index in [0.717, 1.165) is 0 Å². The number of nitrogens with one attached hydrogen (secondary N) is 1. The largest absolute Gasteiger partial charge is 0.497 e. The topological polar surface area (TPSA) is 99.2 Å². The maximum absolute atomic E-state index is 12.7. The van der Waals surface area contributed by atoms with Gasteiger partial charge in [-0.25, -0.2) is 9.59 Å². The molecule has 1 aromatic rings. The number of urea groups is 1. The van der Waals surface area contributed by atoms with Gasteiger partial charge < -0.3 is 9.84 Å². The summed E-state index contributed by atoms with van der Waals surface area (Å²) in [7, 11) is 1.54. The van der Waals surface area contributed by atoms with Crippen LogP contribution in [0.25, 0.3) is 0 Å². The van der Waals surface area contributed by atoms with Crippen LogP contribution in [0.15, 0.2) is 24.3 Å². The van der Waals surface area contributed by atoms with Crippen LogP contribution in [0.1, 0.15) is 12.0 Å². The highest BCUT2D eigenvalue weighted by molar-refractivity contribution is 6.09. The van der Waals surface area contributed by atoms with Gasteiger partial charge in [0, 0.05) is 6.54 Å². The maximum Gasteiger partial charge on any atom is 0.407 e. The highest BCUT2D eigenvalue weighted by Crippen LogP contribution is 2.51. The Bertz CT molecular complexity index is 718. The van der Waals surface area contributed by atoms with E-state index in [1.807, 2.05) is 0 Å². The number of amides is 4. The van der Waals surface area contributed by atoms with Crippen LogP contribution in [0, 0.1) is 0 Å². The molecule has 3 heterocycles. The minimum atomic E-state index is -1.29. The van der Waals surface area contributed by atoms with E-state index in [1.54, 1.807) is 24.3 Å². The van der Waals surface area contributed by atoms with Crippen molar-refractivity contribution in [3.8, 4) is 5.75 Å². The molecule has 3 atom stereocenters. The van der Waals surface area contributed by atoms with E-state index in [1.165, 1.54) is 16.9 Å². The maximum atomic E-state index is 12.7. The second-order valence-electron chi connectivity index (χ2n) is 5.96. The molecule has 2 bridgehead atoms. The Morgan fingerprint density at radius 2 is 2.04 bits per heavy atom. The number of carbonyl (C=O) groups excluding carboxylic acids is 2. The van der Waals surface area contributed by atoms with Crippen LogP contribution in [0.2, 0.25) is 0 Å². The van der Waals surface area contributed by atoms with E-state index in [-0.39, 0.29) is 12.6 Å². The molecular formula is C15H15N3O5. The smallest absolute Gasteiger partial charge is 0.407 e. The molecule has 2 N–H and O–H groups in total. The van der Waals surface area contributed by atoms with Crippen LogP contribution in [-0.2, 0) is 10.3 Å². The number of carboxylic acid groups (broad SMARTS) is 1. The zero-order valence-corrected chi connectivity index (χ0v) is 12.4. The molecule has 3 fully saturated rings. The first-order valence-electron chi connectivity index (χ1n) is 7.29. The van der Waals surface area contributed by atoms with Gasteiger partial charge in [-0.15, -0.1) is 0 Å². The van der Waals surface area contributed by atoms with E-state index >= 15 is 0 Å². The first-order valence-corrected chi connectivity index (χ1v) is 7.29. The Labute approximate surface area is 131 Å². The van der Waals surface area contributed by atoms with E-state index < -0.39 is 29.6 Å². The van der Waals surface area contributed by atoms with Gasteiger partial charge in [0.25, 0.3) is 5.91 Å². The Balaban J connectivity index is 1.88. The monoisotopic (exact) mass is 317 g/mol. The van der Waals surface area contributed by atoms with Gasteiger partial charge in [0.2, 0.25) is 0 Å². The summed E-state index contributed by atoms with van der Waals surface area (Å²) in [4.78, 5) is 39.2. The van der Waals surface area contributed by atoms with Crippen molar-refractivity contribution in [2.75, 3.05) is 13.7 Å². The molecule has 8 nitrogen and oxygen atoms in total. The zero-order valence-electron chi connectivity index (χ0n) is 12.4. The van der Waals surface area contributed by atoms with Crippen molar-refractivity contribution < 1.29 is 24.2 Å². The van der Waals surface area contributed by atoms with Crippen LogP contribution in [-0.4, -0.2) is 58.7 Å². The molecule has 120 valence electrons. The predicted octanol–water partition coefficient (Wildman–Crippen LogP) is 0.577. The number of imide groups is 1. The number of likely N-dealkylation sites (tertiary alicyclic amines) is 1. The number of carbonyl (C=O) groups is 3. The number of benzene rings is 1. The molecule has 0 saturated carbocycles. The van der Waals surface area contributed by atoms with Crippen molar-refractivity contribution in [1.29, 1.82) is 0 Å². The average Bonchev–Trinajstić information content (AvgIpc) is 3.18. The summed E-state index contributed by atoms with van der Waals surface area (Å²) in [5.41, 5.74) is -0.690. The number of ether oxygens (including phenoxy) is 1. The van der Waals surface area contributed by atoms with Gasteiger partial charge >= 0.3 is 12.1 Å². The normalized spacial score (nSPS) is 31.3. The SMILES string of the molecule is COc1ccc(C23C(=O)NC(=O)N2C2CC3N(C(=O)O)C2)cc1. The lowest BCUT2D eigenvalue weighted by molar-refractivity contribution is -0.130. The molecule has 3 aliphatic rings. The summed E-state index contributed by atoms with van der Waals surface area (Å²) < 4.78 is 5.12. The van der Waals surface area contributed by atoms with Crippen LogP contribution >= 0.6 is 0 Å². The molecule has 4 rings (SSSR count). The van der Waals surface area contributed by atoms with E-state index in [2.05, 4.69) is 5.32 Å². The minimum absolute atomic E-state index is 0.235. The van der Waals surface area contributed by atoms with Crippen LogP contribution in [0.4, 0.5) is 9.59 Å². The van der Waals surface area contributed by atoms with E-state index in [4.69, 9.17) is 4.74 Å². The molecule has 0 radical (unpaired) electrons. The first-order chi connectivity index (χ1) is 11.0. The summed E-state index contributed by atoms with van der Waals surface area (Å²) in [6.07, 6.45) is -0.602. The molecular weight excluding hydrogens is 302 g/mol. The third-order valence-electron chi connectivity index (χ3n) is 5.07. The number of hydrogen-bond donors (Lipinski definition) is 2. The Morgan fingerprint density at radius 3 is 2.65 bits per heavy atom. The number of rotatable bonds is 2. The fourth-order valence-electron chi connectivity index (χ4n) is 4.20. The highest BCUT2D eigenvalue weighted by atomic mass is 16.5. The molecule has 3 saturated heterocycles.